The highest BCUT2D eigenvalue weighted by atomic mass is 16.5. The molecule has 0 saturated carbocycles. The van der Waals surface area contributed by atoms with Gasteiger partial charge in [-0.1, -0.05) is 5.16 Å². The summed E-state index contributed by atoms with van der Waals surface area (Å²) in [6.07, 6.45) is 1.69. The highest BCUT2D eigenvalue weighted by Gasteiger charge is 2.11. The van der Waals surface area contributed by atoms with E-state index in [2.05, 4.69) is 10.1 Å². The van der Waals surface area contributed by atoms with Crippen molar-refractivity contribution in [2.24, 2.45) is 7.05 Å². The Morgan fingerprint density at radius 2 is 1.73 bits per heavy atom. The summed E-state index contributed by atoms with van der Waals surface area (Å²) in [5.41, 5.74) is 2.62. The number of aromatic nitrogens is 3. The number of benzene rings is 1. The number of nitrogens with zero attached hydrogens (tertiary/aromatic N) is 4. The number of hydrogen-bond acceptors (Lipinski definition) is 5. The van der Waals surface area contributed by atoms with E-state index in [0.29, 0.717) is 11.7 Å². The van der Waals surface area contributed by atoms with Gasteiger partial charge >= 0.3 is 0 Å². The van der Waals surface area contributed by atoms with E-state index in [0.717, 1.165) is 16.8 Å². The van der Waals surface area contributed by atoms with E-state index >= 15 is 0 Å². The first-order valence-corrected chi connectivity index (χ1v) is 6.83. The summed E-state index contributed by atoms with van der Waals surface area (Å²) >= 11 is 0. The standard InChI is InChI=1S/C16H16N4O2/c1-19(2)13-7-4-11(5-8-13)16-17-15(18-22-16)12-6-9-14(21)20(3)10-12/h4-10H,1-3H3. The summed E-state index contributed by atoms with van der Waals surface area (Å²) < 4.78 is 6.80. The van der Waals surface area contributed by atoms with Gasteiger partial charge in [-0.3, -0.25) is 4.79 Å². The molecule has 2 aromatic heterocycles. The van der Waals surface area contributed by atoms with Crippen molar-refractivity contribution in [3.8, 4) is 22.8 Å². The molecule has 6 nitrogen and oxygen atoms in total. The Hall–Kier alpha value is -2.89. The Morgan fingerprint density at radius 1 is 1.05 bits per heavy atom. The third kappa shape index (κ3) is 2.63. The fourth-order valence-electron chi connectivity index (χ4n) is 2.09. The van der Waals surface area contributed by atoms with Crippen molar-refractivity contribution in [1.29, 1.82) is 0 Å². The largest absolute Gasteiger partial charge is 0.378 e. The van der Waals surface area contributed by atoms with Crippen LogP contribution in [0.3, 0.4) is 0 Å². The van der Waals surface area contributed by atoms with E-state index in [1.165, 1.54) is 10.6 Å². The summed E-state index contributed by atoms with van der Waals surface area (Å²) in [4.78, 5) is 17.8. The molecule has 2 heterocycles. The van der Waals surface area contributed by atoms with Gasteiger partial charge in [-0.25, -0.2) is 0 Å². The number of rotatable bonds is 3. The van der Waals surface area contributed by atoms with Gasteiger partial charge in [0, 0.05) is 50.2 Å². The summed E-state index contributed by atoms with van der Waals surface area (Å²) in [7, 11) is 5.66. The maximum absolute atomic E-state index is 11.4. The fourth-order valence-corrected chi connectivity index (χ4v) is 2.09. The van der Waals surface area contributed by atoms with Crippen LogP contribution in [-0.2, 0) is 7.05 Å². The molecular weight excluding hydrogens is 280 g/mol. The molecule has 0 atom stereocenters. The number of aryl methyl sites for hydroxylation is 1. The predicted molar refractivity (Wildman–Crippen MR) is 84.7 cm³/mol. The van der Waals surface area contributed by atoms with Crippen molar-refractivity contribution in [2.75, 3.05) is 19.0 Å². The quantitative estimate of drug-likeness (QED) is 0.741. The van der Waals surface area contributed by atoms with Crippen LogP contribution in [0.1, 0.15) is 0 Å². The molecule has 0 N–H and O–H groups in total. The minimum Gasteiger partial charge on any atom is -0.378 e. The van der Waals surface area contributed by atoms with E-state index < -0.39 is 0 Å². The van der Waals surface area contributed by atoms with E-state index in [9.17, 15) is 4.79 Å². The third-order valence-corrected chi connectivity index (χ3v) is 3.40. The molecule has 3 aromatic rings. The molecule has 0 bridgehead atoms. The molecule has 6 heteroatoms. The van der Waals surface area contributed by atoms with Crippen LogP contribution >= 0.6 is 0 Å². The van der Waals surface area contributed by atoms with E-state index in [1.54, 1.807) is 19.3 Å². The molecule has 0 radical (unpaired) electrons. The number of hydrogen-bond donors (Lipinski definition) is 0. The second-order valence-corrected chi connectivity index (χ2v) is 5.23. The van der Waals surface area contributed by atoms with Gasteiger partial charge in [-0.15, -0.1) is 0 Å². The Kier molecular flexibility index (Phi) is 3.50. The average Bonchev–Trinajstić information content (AvgIpc) is 3.00. The molecule has 0 aliphatic carbocycles. The first-order chi connectivity index (χ1) is 10.5. The zero-order valence-electron chi connectivity index (χ0n) is 12.6. The van der Waals surface area contributed by atoms with Gasteiger partial charge in [-0.05, 0) is 30.3 Å². The lowest BCUT2D eigenvalue weighted by atomic mass is 10.2. The number of pyridine rings is 1. The zero-order valence-corrected chi connectivity index (χ0v) is 12.6. The zero-order chi connectivity index (χ0) is 15.7. The SMILES string of the molecule is CN(C)c1ccc(-c2nc(-c3ccc(=O)n(C)c3)no2)cc1. The van der Waals surface area contributed by atoms with Crippen LogP contribution in [0.4, 0.5) is 5.69 Å². The lowest BCUT2D eigenvalue weighted by Gasteiger charge is -2.11. The van der Waals surface area contributed by atoms with Crippen molar-refractivity contribution in [3.63, 3.8) is 0 Å². The maximum atomic E-state index is 11.4. The van der Waals surface area contributed by atoms with Crippen molar-refractivity contribution >= 4 is 5.69 Å². The van der Waals surface area contributed by atoms with Gasteiger partial charge in [0.1, 0.15) is 0 Å². The second-order valence-electron chi connectivity index (χ2n) is 5.23. The maximum Gasteiger partial charge on any atom is 0.258 e. The van der Waals surface area contributed by atoms with Gasteiger partial charge in [-0.2, -0.15) is 4.98 Å². The van der Waals surface area contributed by atoms with E-state index in [-0.39, 0.29) is 5.56 Å². The Bertz CT molecular complexity index is 847. The van der Waals surface area contributed by atoms with Crippen molar-refractivity contribution in [3.05, 3.63) is 52.9 Å². The van der Waals surface area contributed by atoms with Crippen LogP contribution in [0.5, 0.6) is 0 Å². The molecule has 0 aliphatic heterocycles. The fraction of sp³-hybridized carbons (Fsp3) is 0.188. The molecule has 0 amide bonds. The average molecular weight is 296 g/mol. The minimum atomic E-state index is -0.0771. The predicted octanol–water partition coefficient (Wildman–Crippen LogP) is 2.17. The molecule has 0 unspecified atom stereocenters. The van der Waals surface area contributed by atoms with Gasteiger partial charge in [0.2, 0.25) is 11.4 Å². The molecule has 3 rings (SSSR count). The molecule has 0 aliphatic rings. The smallest absolute Gasteiger partial charge is 0.258 e. The van der Waals surface area contributed by atoms with Crippen LogP contribution in [0.25, 0.3) is 22.8 Å². The molecule has 0 saturated heterocycles. The Labute approximate surface area is 127 Å². The first kappa shape index (κ1) is 14.1. The Balaban J connectivity index is 1.93. The van der Waals surface area contributed by atoms with Crippen molar-refractivity contribution < 1.29 is 4.52 Å². The summed E-state index contributed by atoms with van der Waals surface area (Å²) in [6.45, 7) is 0. The topological polar surface area (TPSA) is 64.2 Å². The van der Waals surface area contributed by atoms with E-state index in [4.69, 9.17) is 4.52 Å². The summed E-state index contributed by atoms with van der Waals surface area (Å²) in [5, 5.41) is 3.98. The normalized spacial score (nSPS) is 10.7. The Morgan fingerprint density at radius 3 is 2.36 bits per heavy atom. The molecule has 0 spiro atoms. The first-order valence-electron chi connectivity index (χ1n) is 6.83. The highest BCUT2D eigenvalue weighted by molar-refractivity contribution is 5.61. The second kappa shape index (κ2) is 5.48. The van der Waals surface area contributed by atoms with Crippen LogP contribution < -0.4 is 10.5 Å². The van der Waals surface area contributed by atoms with Gasteiger partial charge in [0.05, 0.1) is 0 Å². The van der Waals surface area contributed by atoms with Crippen LogP contribution in [-0.4, -0.2) is 28.8 Å². The molecule has 112 valence electrons. The minimum absolute atomic E-state index is 0.0771. The molecule has 1 aromatic carbocycles. The monoisotopic (exact) mass is 296 g/mol. The van der Waals surface area contributed by atoms with Crippen LogP contribution in [0.15, 0.2) is 51.9 Å². The van der Waals surface area contributed by atoms with Crippen LogP contribution in [0, 0.1) is 0 Å². The molecule has 22 heavy (non-hydrogen) atoms. The summed E-state index contributed by atoms with van der Waals surface area (Å²) in [6, 6.07) is 11.0. The van der Waals surface area contributed by atoms with Gasteiger partial charge in [0.25, 0.3) is 5.89 Å². The van der Waals surface area contributed by atoms with Crippen LogP contribution in [0.2, 0.25) is 0 Å². The number of anilines is 1. The highest BCUT2D eigenvalue weighted by Crippen LogP contribution is 2.23. The van der Waals surface area contributed by atoms with Gasteiger partial charge in [0.15, 0.2) is 0 Å². The lowest BCUT2D eigenvalue weighted by Crippen LogP contribution is -2.14. The van der Waals surface area contributed by atoms with Gasteiger partial charge < -0.3 is 14.0 Å². The van der Waals surface area contributed by atoms with Crippen molar-refractivity contribution in [1.82, 2.24) is 14.7 Å². The van der Waals surface area contributed by atoms with E-state index in [1.807, 2.05) is 43.3 Å². The molecular formula is C16H16N4O2. The third-order valence-electron chi connectivity index (χ3n) is 3.40. The van der Waals surface area contributed by atoms with Crippen molar-refractivity contribution in [2.45, 2.75) is 0 Å². The summed E-state index contributed by atoms with van der Waals surface area (Å²) in [5.74, 6) is 0.913. The lowest BCUT2D eigenvalue weighted by molar-refractivity contribution is 0.432. The molecule has 0 fully saturated rings.